The van der Waals surface area contributed by atoms with Crippen LogP contribution in [0, 0.1) is 11.7 Å². The third-order valence-corrected chi connectivity index (χ3v) is 4.11. The fourth-order valence-electron chi connectivity index (χ4n) is 2.51. The maximum atomic E-state index is 12.7. The van der Waals surface area contributed by atoms with Gasteiger partial charge in [0.15, 0.2) is 0 Å². The molecule has 0 saturated carbocycles. The predicted molar refractivity (Wildman–Crippen MR) is 107 cm³/mol. The molecule has 0 bridgehead atoms. The van der Waals surface area contributed by atoms with E-state index in [-0.39, 0.29) is 29.7 Å². The summed E-state index contributed by atoms with van der Waals surface area (Å²) in [6, 6.07) is 9.58. The molecular formula is C22H26F3NO4. The molecule has 0 fully saturated rings. The van der Waals surface area contributed by atoms with Crippen molar-refractivity contribution in [2.45, 2.75) is 46.3 Å². The van der Waals surface area contributed by atoms with E-state index in [9.17, 15) is 22.8 Å². The Morgan fingerprint density at radius 1 is 1.03 bits per heavy atom. The normalized spacial score (nSPS) is 11.6. The van der Waals surface area contributed by atoms with Crippen LogP contribution in [-0.4, -0.2) is 22.1 Å². The molecule has 2 aromatic rings. The number of nitrogens with one attached hydrogen (secondary N) is 1. The number of carbonyl (C=O) groups is 2. The van der Waals surface area contributed by atoms with E-state index < -0.39 is 23.8 Å². The van der Waals surface area contributed by atoms with Crippen LogP contribution in [0.4, 0.5) is 13.2 Å². The quantitative estimate of drug-likeness (QED) is 0.591. The summed E-state index contributed by atoms with van der Waals surface area (Å²) in [5.74, 6) is -1.58. The number of amides is 1. The lowest BCUT2D eigenvalue weighted by Gasteiger charge is -2.15. The molecule has 1 atom stereocenters. The number of aliphatic hydroxyl groups is 1. The van der Waals surface area contributed by atoms with Crippen LogP contribution in [0.1, 0.15) is 66.7 Å². The zero-order valence-corrected chi connectivity index (χ0v) is 17.0. The maximum Gasteiger partial charge on any atom is 0.335 e. The number of hydrogen-bond donors (Lipinski definition) is 3. The molecule has 3 N–H and O–H groups in total. The summed E-state index contributed by atoms with van der Waals surface area (Å²) in [5, 5.41) is 20.2. The van der Waals surface area contributed by atoms with Crippen molar-refractivity contribution in [2.24, 2.45) is 5.92 Å². The lowest BCUT2D eigenvalue weighted by Crippen LogP contribution is -2.27. The van der Waals surface area contributed by atoms with E-state index >= 15 is 0 Å². The molecule has 30 heavy (non-hydrogen) atoms. The first kappa shape index (κ1) is 25.2. The molecule has 0 saturated heterocycles. The molecule has 0 spiro atoms. The van der Waals surface area contributed by atoms with Gasteiger partial charge in [-0.05, 0) is 42.2 Å². The highest BCUT2D eigenvalue weighted by molar-refractivity contribution is 5.87. The zero-order valence-electron chi connectivity index (χ0n) is 17.0. The average molecular weight is 425 g/mol. The van der Waals surface area contributed by atoms with Crippen molar-refractivity contribution in [2.75, 3.05) is 0 Å². The van der Waals surface area contributed by atoms with Gasteiger partial charge in [-0.15, -0.1) is 0 Å². The van der Waals surface area contributed by atoms with Crippen LogP contribution in [0.15, 0.2) is 42.5 Å². The number of carboxylic acid groups (broad SMARTS) is 1. The molecule has 8 heteroatoms. The molecule has 0 aliphatic heterocycles. The Hall–Kier alpha value is -2.87. The summed E-state index contributed by atoms with van der Waals surface area (Å²) in [4.78, 5) is 22.3. The molecular weight excluding hydrogens is 399 g/mol. The number of halogens is 3. The Bertz CT molecular complexity index is 839. The Morgan fingerprint density at radius 2 is 1.63 bits per heavy atom. The van der Waals surface area contributed by atoms with E-state index in [2.05, 4.69) is 5.32 Å². The minimum absolute atomic E-state index is 0.0137. The number of carboxylic acids is 1. The topological polar surface area (TPSA) is 86.6 Å². The lowest BCUT2D eigenvalue weighted by molar-refractivity contribution is -0.122. The molecule has 164 valence electrons. The first-order chi connectivity index (χ1) is 14.0. The highest BCUT2D eigenvalue weighted by Gasteiger charge is 2.13. The minimum atomic E-state index is -2.81. The first-order valence-electron chi connectivity index (χ1n) is 9.35. The molecule has 0 aliphatic carbocycles. The number of rotatable bonds is 7. The number of benzene rings is 2. The predicted octanol–water partition coefficient (Wildman–Crippen LogP) is 4.86. The van der Waals surface area contributed by atoms with Crippen molar-refractivity contribution in [1.82, 2.24) is 5.32 Å². The van der Waals surface area contributed by atoms with Crippen LogP contribution in [0.3, 0.4) is 0 Å². The van der Waals surface area contributed by atoms with E-state index in [1.807, 2.05) is 20.8 Å². The largest absolute Gasteiger partial charge is 0.478 e. The molecule has 0 aromatic heterocycles. The molecule has 0 radical (unpaired) electrons. The fraction of sp³-hybridized carbons (Fsp3) is 0.364. The highest BCUT2D eigenvalue weighted by atomic mass is 19.3. The van der Waals surface area contributed by atoms with Gasteiger partial charge in [-0.25, -0.2) is 18.0 Å². The third-order valence-electron chi connectivity index (χ3n) is 4.11. The third kappa shape index (κ3) is 8.24. The fourth-order valence-corrected chi connectivity index (χ4v) is 2.51. The van der Waals surface area contributed by atoms with Gasteiger partial charge in [-0.2, -0.15) is 0 Å². The zero-order chi connectivity index (χ0) is 22.8. The summed E-state index contributed by atoms with van der Waals surface area (Å²) < 4.78 is 36.6. The van der Waals surface area contributed by atoms with Crippen molar-refractivity contribution < 1.29 is 33.0 Å². The SMILES string of the molecule is CC(C)CC(=O)NC(C)c1ccc(C(=O)O)cc1.OCc1ccc(C(F)F)c(F)c1. The Labute approximate surface area is 173 Å². The van der Waals surface area contributed by atoms with Crippen LogP contribution in [-0.2, 0) is 11.4 Å². The van der Waals surface area contributed by atoms with Gasteiger partial charge in [-0.1, -0.05) is 38.1 Å². The van der Waals surface area contributed by atoms with Crippen molar-refractivity contribution in [1.29, 1.82) is 0 Å². The van der Waals surface area contributed by atoms with Crippen molar-refractivity contribution in [3.05, 3.63) is 70.5 Å². The molecule has 0 heterocycles. The maximum absolute atomic E-state index is 12.7. The van der Waals surface area contributed by atoms with Gasteiger partial charge >= 0.3 is 5.97 Å². The van der Waals surface area contributed by atoms with E-state index in [0.717, 1.165) is 17.7 Å². The van der Waals surface area contributed by atoms with Crippen LogP contribution in [0.25, 0.3) is 0 Å². The van der Waals surface area contributed by atoms with E-state index in [4.69, 9.17) is 10.2 Å². The van der Waals surface area contributed by atoms with E-state index in [0.29, 0.717) is 12.3 Å². The highest BCUT2D eigenvalue weighted by Crippen LogP contribution is 2.22. The van der Waals surface area contributed by atoms with Crippen LogP contribution in [0.2, 0.25) is 0 Å². The number of aromatic carboxylic acids is 1. The summed E-state index contributed by atoms with van der Waals surface area (Å²) in [5.41, 5.74) is 0.806. The summed E-state index contributed by atoms with van der Waals surface area (Å²) >= 11 is 0. The van der Waals surface area contributed by atoms with Crippen molar-refractivity contribution >= 4 is 11.9 Å². The Kier molecular flexibility index (Phi) is 10.0. The minimum Gasteiger partial charge on any atom is -0.478 e. The standard InChI is InChI=1S/C14H19NO3.C8H7F3O/c1-9(2)8-13(16)15-10(3)11-4-6-12(7-5-11)14(17)18;9-7-3-5(4-12)1-2-6(7)8(10)11/h4-7,9-10H,8H2,1-3H3,(H,15,16)(H,17,18);1-3,8,12H,4H2. The summed E-state index contributed by atoms with van der Waals surface area (Å²) in [6.45, 7) is 5.52. The van der Waals surface area contributed by atoms with E-state index in [1.165, 1.54) is 6.07 Å². The van der Waals surface area contributed by atoms with Gasteiger partial charge in [0.05, 0.1) is 23.8 Å². The van der Waals surface area contributed by atoms with Gasteiger partial charge in [0.25, 0.3) is 6.43 Å². The molecule has 2 aromatic carbocycles. The number of aliphatic hydroxyl groups excluding tert-OH is 1. The molecule has 0 aliphatic rings. The van der Waals surface area contributed by atoms with Gasteiger partial charge in [0, 0.05) is 6.42 Å². The van der Waals surface area contributed by atoms with Crippen molar-refractivity contribution in [3.63, 3.8) is 0 Å². The monoisotopic (exact) mass is 425 g/mol. The van der Waals surface area contributed by atoms with Crippen LogP contribution in [0.5, 0.6) is 0 Å². The second-order valence-electron chi connectivity index (χ2n) is 7.13. The Morgan fingerprint density at radius 3 is 2.07 bits per heavy atom. The molecule has 5 nitrogen and oxygen atoms in total. The van der Waals surface area contributed by atoms with Gasteiger partial charge in [0.1, 0.15) is 5.82 Å². The second kappa shape index (κ2) is 12.0. The van der Waals surface area contributed by atoms with Crippen LogP contribution < -0.4 is 5.32 Å². The first-order valence-corrected chi connectivity index (χ1v) is 9.35. The van der Waals surface area contributed by atoms with Crippen LogP contribution >= 0.6 is 0 Å². The van der Waals surface area contributed by atoms with Gasteiger partial charge < -0.3 is 15.5 Å². The second-order valence-corrected chi connectivity index (χ2v) is 7.13. The van der Waals surface area contributed by atoms with Gasteiger partial charge in [-0.3, -0.25) is 4.79 Å². The number of carbonyl (C=O) groups excluding carboxylic acids is 1. The summed E-state index contributed by atoms with van der Waals surface area (Å²) in [7, 11) is 0. The van der Waals surface area contributed by atoms with E-state index in [1.54, 1.807) is 24.3 Å². The number of alkyl halides is 2. The number of hydrogen-bond acceptors (Lipinski definition) is 3. The summed E-state index contributed by atoms with van der Waals surface area (Å²) in [6.07, 6.45) is -2.31. The molecule has 1 amide bonds. The average Bonchev–Trinajstić information content (AvgIpc) is 2.67. The van der Waals surface area contributed by atoms with Crippen molar-refractivity contribution in [3.8, 4) is 0 Å². The Balaban J connectivity index is 0.000000325. The smallest absolute Gasteiger partial charge is 0.335 e. The molecule has 2 rings (SSSR count). The van der Waals surface area contributed by atoms with Gasteiger partial charge in [0.2, 0.25) is 5.91 Å². The molecule has 1 unspecified atom stereocenters. The lowest BCUT2D eigenvalue weighted by atomic mass is 10.1.